The van der Waals surface area contributed by atoms with Gasteiger partial charge >= 0.3 is 10.2 Å². The number of aromatic nitrogens is 1. The van der Waals surface area contributed by atoms with Crippen LogP contribution in [0, 0.1) is 0 Å². The summed E-state index contributed by atoms with van der Waals surface area (Å²) in [6, 6.07) is 7.45. The van der Waals surface area contributed by atoms with Gasteiger partial charge < -0.3 is 5.32 Å². The minimum Gasteiger partial charge on any atom is -0.312 e. The molecule has 5 nitrogen and oxygen atoms in total. The Bertz CT molecular complexity index is 688. The SMILES string of the molecule is NS(=O)(=O)n1c2c(c3ccccc31)CNCC2. The summed E-state index contributed by atoms with van der Waals surface area (Å²) in [5, 5.41) is 9.52. The molecule has 6 heteroatoms. The standard InChI is InChI=1S/C11H13N3O2S/c12-17(15,16)14-10-4-2-1-3-8(10)9-7-13-6-5-11(9)14/h1-4,13H,5-7H2,(H2,12,15,16). The average molecular weight is 251 g/mol. The topological polar surface area (TPSA) is 77.1 Å². The highest BCUT2D eigenvalue weighted by atomic mass is 32.2. The van der Waals surface area contributed by atoms with Gasteiger partial charge in [-0.1, -0.05) is 18.2 Å². The van der Waals surface area contributed by atoms with Crippen LogP contribution < -0.4 is 10.5 Å². The third-order valence-corrected chi connectivity index (χ3v) is 4.06. The van der Waals surface area contributed by atoms with Crippen LogP contribution in [0.25, 0.3) is 10.9 Å². The number of nitrogens with one attached hydrogen (secondary N) is 1. The Morgan fingerprint density at radius 3 is 2.82 bits per heavy atom. The van der Waals surface area contributed by atoms with Crippen LogP contribution in [0.4, 0.5) is 0 Å². The molecule has 1 aromatic carbocycles. The Morgan fingerprint density at radius 1 is 1.29 bits per heavy atom. The first-order valence-corrected chi connectivity index (χ1v) is 6.94. The van der Waals surface area contributed by atoms with Gasteiger partial charge in [0.15, 0.2) is 0 Å². The monoisotopic (exact) mass is 251 g/mol. The Balaban J connectivity index is 2.48. The fraction of sp³-hybridized carbons (Fsp3) is 0.273. The third-order valence-electron chi connectivity index (χ3n) is 3.14. The number of fused-ring (bicyclic) bond motifs is 3. The highest BCUT2D eigenvalue weighted by Crippen LogP contribution is 2.29. The van der Waals surface area contributed by atoms with Gasteiger partial charge in [-0.25, -0.2) is 9.11 Å². The number of hydrogen-bond donors (Lipinski definition) is 2. The largest absolute Gasteiger partial charge is 0.312 e. The van der Waals surface area contributed by atoms with Gasteiger partial charge in [-0.15, -0.1) is 0 Å². The molecule has 2 heterocycles. The number of rotatable bonds is 1. The van der Waals surface area contributed by atoms with Crippen molar-refractivity contribution in [3.63, 3.8) is 0 Å². The van der Waals surface area contributed by atoms with Gasteiger partial charge in [-0.05, 0) is 11.6 Å². The summed E-state index contributed by atoms with van der Waals surface area (Å²) in [7, 11) is -3.74. The zero-order valence-electron chi connectivity index (χ0n) is 9.18. The lowest BCUT2D eigenvalue weighted by atomic mass is 10.1. The average Bonchev–Trinajstić information content (AvgIpc) is 2.63. The van der Waals surface area contributed by atoms with Crippen LogP contribution in [-0.2, 0) is 23.2 Å². The van der Waals surface area contributed by atoms with Crippen molar-refractivity contribution in [2.24, 2.45) is 5.14 Å². The molecule has 2 aromatic rings. The molecular weight excluding hydrogens is 238 g/mol. The molecule has 1 aliphatic heterocycles. The smallest absolute Gasteiger partial charge is 0.303 e. The number of hydrogen-bond acceptors (Lipinski definition) is 3. The molecule has 1 aromatic heterocycles. The summed E-state index contributed by atoms with van der Waals surface area (Å²) >= 11 is 0. The van der Waals surface area contributed by atoms with E-state index in [0.29, 0.717) is 18.5 Å². The summed E-state index contributed by atoms with van der Waals surface area (Å²) in [6.07, 6.45) is 0.681. The van der Waals surface area contributed by atoms with E-state index in [4.69, 9.17) is 5.14 Å². The van der Waals surface area contributed by atoms with Crippen molar-refractivity contribution in [3.05, 3.63) is 35.5 Å². The van der Waals surface area contributed by atoms with Crippen molar-refractivity contribution in [2.45, 2.75) is 13.0 Å². The predicted molar refractivity (Wildman–Crippen MR) is 65.9 cm³/mol. The second kappa shape index (κ2) is 3.56. The fourth-order valence-electron chi connectivity index (χ4n) is 2.49. The molecule has 3 rings (SSSR count). The van der Waals surface area contributed by atoms with Gasteiger partial charge in [-0.3, -0.25) is 0 Å². The minimum atomic E-state index is -3.74. The summed E-state index contributed by atoms with van der Waals surface area (Å²) in [5.74, 6) is 0. The van der Waals surface area contributed by atoms with E-state index < -0.39 is 10.2 Å². The van der Waals surface area contributed by atoms with E-state index in [1.165, 1.54) is 3.97 Å². The molecule has 1 aliphatic rings. The van der Waals surface area contributed by atoms with E-state index >= 15 is 0 Å². The van der Waals surface area contributed by atoms with Crippen LogP contribution >= 0.6 is 0 Å². The van der Waals surface area contributed by atoms with Crippen molar-refractivity contribution >= 4 is 21.1 Å². The molecule has 0 saturated carbocycles. The molecule has 17 heavy (non-hydrogen) atoms. The van der Waals surface area contributed by atoms with Crippen molar-refractivity contribution in [1.82, 2.24) is 9.29 Å². The van der Waals surface area contributed by atoms with E-state index in [0.717, 1.165) is 23.2 Å². The molecule has 0 amide bonds. The first-order chi connectivity index (χ1) is 8.09. The van der Waals surface area contributed by atoms with Gasteiger partial charge in [0.05, 0.1) is 5.52 Å². The van der Waals surface area contributed by atoms with Gasteiger partial charge in [0.2, 0.25) is 0 Å². The lowest BCUT2D eigenvalue weighted by Crippen LogP contribution is -2.29. The Morgan fingerprint density at radius 2 is 2.06 bits per heavy atom. The molecule has 0 unspecified atom stereocenters. The number of nitrogens with two attached hydrogens (primary N) is 1. The molecule has 0 atom stereocenters. The second-order valence-corrected chi connectivity index (χ2v) is 5.57. The molecule has 3 N–H and O–H groups in total. The fourth-order valence-corrected chi connectivity index (χ4v) is 3.43. The summed E-state index contributed by atoms with van der Waals surface area (Å²) in [6.45, 7) is 1.47. The lowest BCUT2D eigenvalue weighted by molar-refractivity contribution is 0.582. The van der Waals surface area contributed by atoms with Crippen molar-refractivity contribution in [2.75, 3.05) is 6.54 Å². The van der Waals surface area contributed by atoms with Gasteiger partial charge in [-0.2, -0.15) is 8.42 Å². The zero-order chi connectivity index (χ0) is 12.0. The first-order valence-electron chi connectivity index (χ1n) is 5.44. The summed E-state index contributed by atoms with van der Waals surface area (Å²) in [5.41, 5.74) is 2.53. The Kier molecular flexibility index (Phi) is 2.25. The Labute approximate surface area is 99.4 Å². The van der Waals surface area contributed by atoms with Crippen LogP contribution in [0.1, 0.15) is 11.3 Å². The van der Waals surface area contributed by atoms with Crippen molar-refractivity contribution < 1.29 is 8.42 Å². The van der Waals surface area contributed by atoms with E-state index in [2.05, 4.69) is 5.32 Å². The highest BCUT2D eigenvalue weighted by molar-refractivity contribution is 7.87. The molecule has 0 spiro atoms. The molecule has 0 aliphatic carbocycles. The first kappa shape index (κ1) is 10.8. The zero-order valence-corrected chi connectivity index (χ0v) is 10.00. The van der Waals surface area contributed by atoms with Crippen LogP contribution in [0.3, 0.4) is 0 Å². The van der Waals surface area contributed by atoms with Crippen molar-refractivity contribution in [3.8, 4) is 0 Å². The molecule has 0 radical (unpaired) electrons. The van der Waals surface area contributed by atoms with Gasteiger partial charge in [0, 0.05) is 30.6 Å². The van der Waals surface area contributed by atoms with Gasteiger partial charge in [0.1, 0.15) is 0 Å². The van der Waals surface area contributed by atoms with Crippen LogP contribution in [0.15, 0.2) is 24.3 Å². The molecular formula is C11H13N3O2S. The highest BCUT2D eigenvalue weighted by Gasteiger charge is 2.23. The lowest BCUT2D eigenvalue weighted by Gasteiger charge is -2.15. The Hall–Kier alpha value is -1.37. The quantitative estimate of drug-likeness (QED) is 0.767. The van der Waals surface area contributed by atoms with E-state index in [9.17, 15) is 8.42 Å². The normalized spacial score (nSPS) is 16.1. The molecule has 0 saturated heterocycles. The van der Waals surface area contributed by atoms with E-state index in [-0.39, 0.29) is 0 Å². The third kappa shape index (κ3) is 1.56. The number of para-hydroxylation sites is 1. The van der Waals surface area contributed by atoms with Gasteiger partial charge in [0.25, 0.3) is 0 Å². The van der Waals surface area contributed by atoms with E-state index in [1.807, 2.05) is 18.2 Å². The maximum Gasteiger partial charge on any atom is 0.303 e. The summed E-state index contributed by atoms with van der Waals surface area (Å²) < 4.78 is 24.7. The minimum absolute atomic E-state index is 0.670. The maximum atomic E-state index is 11.7. The van der Waals surface area contributed by atoms with Crippen LogP contribution in [-0.4, -0.2) is 18.9 Å². The number of nitrogens with zero attached hydrogens (tertiary/aromatic N) is 1. The van der Waals surface area contributed by atoms with Crippen LogP contribution in [0.2, 0.25) is 0 Å². The maximum absolute atomic E-state index is 11.7. The van der Waals surface area contributed by atoms with Crippen molar-refractivity contribution in [1.29, 1.82) is 0 Å². The predicted octanol–water partition coefficient (Wildman–Crippen LogP) is 0.339. The number of benzene rings is 1. The molecule has 90 valence electrons. The summed E-state index contributed by atoms with van der Waals surface area (Å²) in [4.78, 5) is 0. The van der Waals surface area contributed by atoms with E-state index in [1.54, 1.807) is 6.07 Å². The molecule has 0 bridgehead atoms. The van der Waals surface area contributed by atoms with Crippen LogP contribution in [0.5, 0.6) is 0 Å². The second-order valence-electron chi connectivity index (χ2n) is 4.18. The molecule has 0 fully saturated rings.